The van der Waals surface area contributed by atoms with Gasteiger partial charge in [0.2, 0.25) is 10.0 Å². The molecule has 1 atom stereocenters. The number of anilines is 1. The minimum absolute atomic E-state index is 0.0470. The van der Waals surface area contributed by atoms with E-state index in [1.165, 1.54) is 12.1 Å². The number of para-hydroxylation sites is 1. The Hall–Kier alpha value is -4.24. The van der Waals surface area contributed by atoms with Crippen molar-refractivity contribution in [3.63, 3.8) is 0 Å². The molecule has 4 aromatic carbocycles. The fraction of sp³-hybridized carbons (Fsp3) is 0.0667. The molecule has 0 saturated carbocycles. The molecule has 0 bridgehead atoms. The van der Waals surface area contributed by atoms with E-state index in [0.29, 0.717) is 11.4 Å². The molecule has 39 heavy (non-hydrogen) atoms. The minimum Gasteiger partial charge on any atom is -0.257 e. The molecule has 2 heterocycles. The minimum atomic E-state index is -3.82. The second kappa shape index (κ2) is 10.1. The summed E-state index contributed by atoms with van der Waals surface area (Å²) in [5.41, 5.74) is 6.37. The van der Waals surface area contributed by atoms with Crippen molar-refractivity contribution in [2.45, 2.75) is 17.4 Å². The predicted octanol–water partition coefficient (Wildman–Crippen LogP) is 6.20. The summed E-state index contributed by atoms with van der Waals surface area (Å²) < 4.78 is 25.6. The molecule has 0 fully saturated rings. The van der Waals surface area contributed by atoms with Crippen LogP contribution in [0, 0.1) is 0 Å². The fourth-order valence-electron chi connectivity index (χ4n) is 4.76. The highest BCUT2D eigenvalue weighted by atomic mass is 35.5. The average Bonchev–Trinajstić information content (AvgIpc) is 3.59. The van der Waals surface area contributed by atoms with Crippen molar-refractivity contribution in [3.05, 3.63) is 132 Å². The first-order chi connectivity index (χ1) is 18.9. The van der Waals surface area contributed by atoms with Crippen LogP contribution in [0.3, 0.4) is 0 Å². The first-order valence-electron chi connectivity index (χ1n) is 12.3. The second-order valence-corrected chi connectivity index (χ2v) is 11.2. The lowest BCUT2D eigenvalue weighted by Gasteiger charge is -2.24. The Kier molecular flexibility index (Phi) is 6.52. The number of halogens is 1. The molecule has 1 aromatic heterocycles. The van der Waals surface area contributed by atoms with Gasteiger partial charge in [0.1, 0.15) is 0 Å². The molecule has 9 heteroatoms. The molecule has 7 nitrogen and oxygen atoms in total. The number of nitrogens with two attached hydrogens (primary N) is 1. The van der Waals surface area contributed by atoms with Gasteiger partial charge in [0.15, 0.2) is 0 Å². The first-order valence-corrected chi connectivity index (χ1v) is 14.3. The number of aromatic nitrogens is 2. The lowest BCUT2D eigenvalue weighted by molar-refractivity contribution is 0.597. The molecule has 1 unspecified atom stereocenters. The van der Waals surface area contributed by atoms with E-state index in [1.54, 1.807) is 12.1 Å². The topological polar surface area (TPSA) is 93.6 Å². The highest BCUT2D eigenvalue weighted by Crippen LogP contribution is 2.41. The van der Waals surface area contributed by atoms with E-state index < -0.39 is 10.0 Å². The molecule has 0 spiro atoms. The molecule has 0 aliphatic carbocycles. The molecular weight excluding hydrogens is 530 g/mol. The summed E-state index contributed by atoms with van der Waals surface area (Å²) in [5.74, 6) is 0. The number of hydrazone groups is 1. The van der Waals surface area contributed by atoms with Gasteiger partial charge in [-0.05, 0) is 54.1 Å². The Morgan fingerprint density at radius 1 is 0.769 bits per heavy atom. The molecule has 1 aliphatic rings. The quantitative estimate of drug-likeness (QED) is 0.271. The molecular formula is C30H24ClN5O2S. The third-order valence-electron chi connectivity index (χ3n) is 6.69. The number of hydrogen-bond acceptors (Lipinski definition) is 5. The van der Waals surface area contributed by atoms with Crippen molar-refractivity contribution in [2.24, 2.45) is 10.2 Å². The molecule has 1 aliphatic heterocycles. The van der Waals surface area contributed by atoms with Gasteiger partial charge in [0, 0.05) is 28.8 Å². The van der Waals surface area contributed by atoms with Crippen LogP contribution in [0.5, 0.6) is 0 Å². The number of nitrogens with zero attached hydrogens (tertiary/aromatic N) is 4. The highest BCUT2D eigenvalue weighted by Gasteiger charge is 2.33. The zero-order valence-corrected chi connectivity index (χ0v) is 22.3. The summed E-state index contributed by atoms with van der Waals surface area (Å²) >= 11 is 6.15. The Morgan fingerprint density at radius 3 is 2.05 bits per heavy atom. The third-order valence-corrected chi connectivity index (χ3v) is 7.87. The maximum absolute atomic E-state index is 11.9. The number of rotatable bonds is 6. The fourth-order valence-corrected chi connectivity index (χ4v) is 5.40. The second-order valence-electron chi connectivity index (χ2n) is 9.24. The Bertz CT molecular complexity index is 1750. The molecule has 6 rings (SSSR count). The number of hydrogen-bond donors (Lipinski definition) is 1. The van der Waals surface area contributed by atoms with Gasteiger partial charge in [-0.1, -0.05) is 72.3 Å². The Labute approximate surface area is 231 Å². The summed E-state index contributed by atoms with van der Waals surface area (Å²) in [6.07, 6.45) is 2.66. The van der Waals surface area contributed by atoms with Gasteiger partial charge < -0.3 is 0 Å². The zero-order valence-electron chi connectivity index (χ0n) is 20.7. The van der Waals surface area contributed by atoms with Crippen molar-refractivity contribution < 1.29 is 8.42 Å². The maximum atomic E-state index is 11.9. The van der Waals surface area contributed by atoms with Crippen molar-refractivity contribution in [3.8, 4) is 16.9 Å². The van der Waals surface area contributed by atoms with Crippen LogP contribution in [0.1, 0.15) is 23.6 Å². The summed E-state index contributed by atoms with van der Waals surface area (Å²) in [6, 6.07) is 33.9. The normalized spacial score (nSPS) is 15.4. The lowest BCUT2D eigenvalue weighted by atomic mass is 9.96. The summed E-state index contributed by atoms with van der Waals surface area (Å²) in [5, 5.41) is 17.9. The number of benzene rings is 4. The van der Waals surface area contributed by atoms with Crippen molar-refractivity contribution in [1.82, 2.24) is 9.78 Å². The number of sulfonamides is 1. The smallest absolute Gasteiger partial charge is 0.238 e. The van der Waals surface area contributed by atoms with Gasteiger partial charge in [-0.15, -0.1) is 0 Å². The third kappa shape index (κ3) is 5.09. The van der Waals surface area contributed by atoms with Crippen LogP contribution in [0.15, 0.2) is 125 Å². The van der Waals surface area contributed by atoms with Crippen LogP contribution in [-0.2, 0) is 10.0 Å². The van der Waals surface area contributed by atoms with E-state index in [4.69, 9.17) is 26.9 Å². The highest BCUT2D eigenvalue weighted by molar-refractivity contribution is 7.89. The van der Waals surface area contributed by atoms with Gasteiger partial charge in [0.25, 0.3) is 0 Å². The summed E-state index contributed by atoms with van der Waals surface area (Å²) in [4.78, 5) is 0.0470. The van der Waals surface area contributed by atoms with Gasteiger partial charge in [-0.2, -0.15) is 10.2 Å². The van der Waals surface area contributed by atoms with Gasteiger partial charge in [-0.25, -0.2) is 18.2 Å². The largest absolute Gasteiger partial charge is 0.257 e. The van der Waals surface area contributed by atoms with Crippen molar-refractivity contribution in [2.75, 3.05) is 5.01 Å². The van der Waals surface area contributed by atoms with Crippen LogP contribution in [-0.4, -0.2) is 23.9 Å². The lowest BCUT2D eigenvalue weighted by Crippen LogP contribution is -2.19. The maximum Gasteiger partial charge on any atom is 0.238 e. The van der Waals surface area contributed by atoms with Crippen LogP contribution in [0.4, 0.5) is 5.69 Å². The standard InChI is InChI=1S/C30H24ClN5O2S/c31-23-13-11-21(12-14-23)28-19-29(36(33-28)25-15-17-26(18-16-25)39(32,37)38)27-20-35(24-9-5-2-6-10-24)34-30(27)22-7-3-1-4-8-22/h1-18,20,29H,19H2,(H2,32,37,38). The van der Waals surface area contributed by atoms with Crippen LogP contribution in [0.25, 0.3) is 16.9 Å². The van der Waals surface area contributed by atoms with Gasteiger partial charge in [-0.3, -0.25) is 5.01 Å². The SMILES string of the molecule is NS(=O)(=O)c1ccc(N2N=C(c3ccc(Cl)cc3)CC2c2cn(-c3ccccc3)nc2-c2ccccc2)cc1. The Morgan fingerprint density at radius 2 is 1.41 bits per heavy atom. The molecule has 194 valence electrons. The van der Waals surface area contributed by atoms with Crippen LogP contribution in [0.2, 0.25) is 5.02 Å². The van der Waals surface area contributed by atoms with Gasteiger partial charge in [0.05, 0.1) is 33.7 Å². The monoisotopic (exact) mass is 553 g/mol. The van der Waals surface area contributed by atoms with Crippen LogP contribution < -0.4 is 10.1 Å². The predicted molar refractivity (Wildman–Crippen MR) is 155 cm³/mol. The van der Waals surface area contributed by atoms with Crippen molar-refractivity contribution >= 4 is 33.0 Å². The number of primary sulfonamides is 1. The molecule has 0 saturated heterocycles. The first kappa shape index (κ1) is 25.1. The zero-order chi connectivity index (χ0) is 27.0. The molecule has 2 N–H and O–H groups in total. The van der Waals surface area contributed by atoms with Gasteiger partial charge >= 0.3 is 0 Å². The summed E-state index contributed by atoms with van der Waals surface area (Å²) in [6.45, 7) is 0. The molecule has 0 radical (unpaired) electrons. The van der Waals surface area contributed by atoms with E-state index in [-0.39, 0.29) is 10.9 Å². The summed E-state index contributed by atoms with van der Waals surface area (Å²) in [7, 11) is -3.82. The van der Waals surface area contributed by atoms with Crippen LogP contribution >= 0.6 is 11.6 Å². The Balaban J connectivity index is 1.49. The molecule has 0 amide bonds. The van der Waals surface area contributed by atoms with E-state index >= 15 is 0 Å². The average molecular weight is 554 g/mol. The van der Waals surface area contributed by atoms with E-state index in [9.17, 15) is 8.42 Å². The van der Waals surface area contributed by atoms with E-state index in [1.807, 2.05) is 101 Å². The molecule has 5 aromatic rings. The van der Waals surface area contributed by atoms with E-state index in [2.05, 4.69) is 0 Å². The van der Waals surface area contributed by atoms with Crippen molar-refractivity contribution in [1.29, 1.82) is 0 Å². The van der Waals surface area contributed by atoms with E-state index in [0.717, 1.165) is 39.5 Å².